The second-order valence-corrected chi connectivity index (χ2v) is 5.63. The number of hydrogen-bond acceptors (Lipinski definition) is 4. The Balaban J connectivity index is 1.70. The lowest BCUT2D eigenvalue weighted by Gasteiger charge is -2.50. The fraction of sp³-hybridized carbons (Fsp3) is 0.667. The highest BCUT2D eigenvalue weighted by Crippen LogP contribution is 2.20. The molecule has 0 aliphatic carbocycles. The Kier molecular flexibility index (Phi) is 4.11. The lowest BCUT2D eigenvalue weighted by atomic mass is 9.94. The number of aromatic nitrogens is 1. The zero-order valence-corrected chi connectivity index (χ0v) is 11.8. The number of hydrogen-bond donors (Lipinski definition) is 1. The minimum atomic E-state index is 0.551. The third-order valence-electron chi connectivity index (χ3n) is 4.46. The van der Waals surface area contributed by atoms with E-state index in [1.807, 2.05) is 12.4 Å². The molecule has 104 valence electrons. The van der Waals surface area contributed by atoms with E-state index in [2.05, 4.69) is 39.2 Å². The topological polar surface area (TPSA) is 31.4 Å². The van der Waals surface area contributed by atoms with Crippen molar-refractivity contribution in [1.29, 1.82) is 0 Å². The molecule has 1 aromatic rings. The molecule has 2 unspecified atom stereocenters. The molecule has 19 heavy (non-hydrogen) atoms. The molecule has 0 radical (unpaired) electrons. The molecule has 0 saturated carbocycles. The van der Waals surface area contributed by atoms with Gasteiger partial charge in [-0.3, -0.25) is 14.8 Å². The average Bonchev–Trinajstić information content (AvgIpc) is 2.49. The summed E-state index contributed by atoms with van der Waals surface area (Å²) in [4.78, 5) is 9.40. The second kappa shape index (κ2) is 5.99. The van der Waals surface area contributed by atoms with Gasteiger partial charge in [0, 0.05) is 57.2 Å². The number of pyridine rings is 1. The predicted octanol–water partition coefficient (Wildman–Crippen LogP) is 0.602. The molecular weight excluding hydrogens is 236 g/mol. The van der Waals surface area contributed by atoms with E-state index in [-0.39, 0.29) is 0 Å². The van der Waals surface area contributed by atoms with Crippen LogP contribution in [0.3, 0.4) is 0 Å². The summed E-state index contributed by atoms with van der Waals surface area (Å²) in [6.45, 7) is 9.46. The van der Waals surface area contributed by atoms with E-state index in [1.165, 1.54) is 38.3 Å². The van der Waals surface area contributed by atoms with Gasteiger partial charge < -0.3 is 5.32 Å². The van der Waals surface area contributed by atoms with Gasteiger partial charge >= 0.3 is 0 Å². The van der Waals surface area contributed by atoms with Gasteiger partial charge in [0.05, 0.1) is 0 Å². The second-order valence-electron chi connectivity index (χ2n) is 5.63. The van der Waals surface area contributed by atoms with Gasteiger partial charge in [-0.15, -0.1) is 0 Å². The van der Waals surface area contributed by atoms with Crippen LogP contribution in [-0.2, 0) is 6.42 Å². The van der Waals surface area contributed by atoms with E-state index in [0.29, 0.717) is 12.1 Å². The van der Waals surface area contributed by atoms with Crippen molar-refractivity contribution in [3.05, 3.63) is 30.1 Å². The molecule has 3 aliphatic heterocycles. The van der Waals surface area contributed by atoms with Crippen LogP contribution in [0.4, 0.5) is 0 Å². The van der Waals surface area contributed by atoms with E-state index in [0.717, 1.165) is 13.0 Å². The zero-order valence-electron chi connectivity index (χ0n) is 11.8. The number of fused-ring (bicyclic) bond motifs is 3. The first kappa shape index (κ1) is 13.0. The normalized spacial score (nSPS) is 31.3. The number of likely N-dealkylation sites (N-methyl/N-ethyl adjacent to an activating group) is 1. The minimum absolute atomic E-state index is 0.551. The summed E-state index contributed by atoms with van der Waals surface area (Å²) in [7, 11) is 0. The average molecular weight is 260 g/mol. The lowest BCUT2D eigenvalue weighted by molar-refractivity contribution is -0.00289. The van der Waals surface area contributed by atoms with Crippen molar-refractivity contribution in [2.24, 2.45) is 0 Å². The molecule has 0 spiro atoms. The maximum Gasteiger partial charge on any atom is 0.0380 e. The van der Waals surface area contributed by atoms with Gasteiger partial charge in [-0.2, -0.15) is 0 Å². The number of piperazine rings is 3. The first-order valence-corrected chi connectivity index (χ1v) is 7.45. The van der Waals surface area contributed by atoms with Gasteiger partial charge in [-0.05, 0) is 30.7 Å². The Morgan fingerprint density at radius 2 is 2.00 bits per heavy atom. The highest BCUT2D eigenvalue weighted by atomic mass is 15.4. The molecule has 3 fully saturated rings. The van der Waals surface area contributed by atoms with Gasteiger partial charge in [0.1, 0.15) is 0 Å². The van der Waals surface area contributed by atoms with Crippen LogP contribution >= 0.6 is 0 Å². The van der Waals surface area contributed by atoms with Crippen LogP contribution in [0.5, 0.6) is 0 Å². The SMILES string of the molecule is CCNC(Cc1ccncc1)C1CN2CCN1CC2. The molecule has 2 bridgehead atoms. The number of nitrogens with zero attached hydrogens (tertiary/aromatic N) is 3. The summed E-state index contributed by atoms with van der Waals surface area (Å²) in [6.07, 6.45) is 4.90. The zero-order chi connectivity index (χ0) is 13.1. The molecule has 1 N–H and O–H groups in total. The van der Waals surface area contributed by atoms with Gasteiger partial charge in [0.15, 0.2) is 0 Å². The van der Waals surface area contributed by atoms with E-state index < -0.39 is 0 Å². The molecule has 0 aromatic carbocycles. The Morgan fingerprint density at radius 1 is 1.26 bits per heavy atom. The number of nitrogens with one attached hydrogen (secondary N) is 1. The van der Waals surface area contributed by atoms with E-state index in [9.17, 15) is 0 Å². The molecule has 4 heteroatoms. The summed E-state index contributed by atoms with van der Waals surface area (Å²) < 4.78 is 0. The van der Waals surface area contributed by atoms with E-state index >= 15 is 0 Å². The summed E-state index contributed by atoms with van der Waals surface area (Å²) >= 11 is 0. The maximum atomic E-state index is 4.11. The first-order valence-electron chi connectivity index (χ1n) is 7.45. The molecule has 4 heterocycles. The van der Waals surface area contributed by atoms with Gasteiger partial charge in [-0.1, -0.05) is 6.92 Å². The van der Waals surface area contributed by atoms with Crippen molar-refractivity contribution in [3.63, 3.8) is 0 Å². The van der Waals surface area contributed by atoms with Gasteiger partial charge in [-0.25, -0.2) is 0 Å². The van der Waals surface area contributed by atoms with Crippen LogP contribution in [-0.4, -0.2) is 66.1 Å². The highest BCUT2D eigenvalue weighted by molar-refractivity contribution is 5.13. The highest BCUT2D eigenvalue weighted by Gasteiger charge is 2.36. The molecule has 2 atom stereocenters. The number of rotatable bonds is 5. The maximum absolute atomic E-state index is 4.11. The van der Waals surface area contributed by atoms with Crippen molar-refractivity contribution in [1.82, 2.24) is 20.1 Å². The Labute approximate surface area is 115 Å². The smallest absolute Gasteiger partial charge is 0.0380 e. The molecular formula is C15H24N4. The molecule has 1 aromatic heterocycles. The molecule has 3 saturated heterocycles. The summed E-state index contributed by atoms with van der Waals surface area (Å²) in [6, 6.07) is 5.49. The largest absolute Gasteiger partial charge is 0.312 e. The fourth-order valence-electron chi connectivity index (χ4n) is 3.42. The van der Waals surface area contributed by atoms with Crippen molar-refractivity contribution in [3.8, 4) is 0 Å². The first-order chi connectivity index (χ1) is 9.36. The summed E-state index contributed by atoms with van der Waals surface area (Å²) in [5.74, 6) is 0. The van der Waals surface area contributed by atoms with Crippen molar-refractivity contribution in [2.75, 3.05) is 39.3 Å². The van der Waals surface area contributed by atoms with E-state index in [1.54, 1.807) is 0 Å². The molecule has 0 amide bonds. The van der Waals surface area contributed by atoms with Crippen LogP contribution in [0, 0.1) is 0 Å². The molecule has 4 rings (SSSR count). The van der Waals surface area contributed by atoms with Crippen molar-refractivity contribution < 1.29 is 0 Å². The molecule has 3 aliphatic rings. The van der Waals surface area contributed by atoms with Crippen LogP contribution in [0.1, 0.15) is 12.5 Å². The molecule has 4 nitrogen and oxygen atoms in total. The van der Waals surface area contributed by atoms with Crippen LogP contribution < -0.4 is 5.32 Å². The predicted molar refractivity (Wildman–Crippen MR) is 77.2 cm³/mol. The fourth-order valence-corrected chi connectivity index (χ4v) is 3.42. The summed E-state index contributed by atoms with van der Waals surface area (Å²) in [5.41, 5.74) is 1.39. The van der Waals surface area contributed by atoms with Crippen LogP contribution in [0.25, 0.3) is 0 Å². The third kappa shape index (κ3) is 2.96. The van der Waals surface area contributed by atoms with Crippen molar-refractivity contribution in [2.45, 2.75) is 25.4 Å². The standard InChI is InChI=1S/C15H24N4/c1-2-17-14(11-13-3-5-16-6-4-13)15-12-18-7-9-19(15)10-8-18/h3-6,14-15,17H,2,7-12H2,1H3. The van der Waals surface area contributed by atoms with Crippen LogP contribution in [0.15, 0.2) is 24.5 Å². The van der Waals surface area contributed by atoms with Crippen LogP contribution in [0.2, 0.25) is 0 Å². The van der Waals surface area contributed by atoms with Crippen molar-refractivity contribution >= 4 is 0 Å². The summed E-state index contributed by atoms with van der Waals surface area (Å²) in [5, 5.41) is 3.70. The van der Waals surface area contributed by atoms with Gasteiger partial charge in [0.2, 0.25) is 0 Å². The third-order valence-corrected chi connectivity index (χ3v) is 4.46. The minimum Gasteiger partial charge on any atom is -0.312 e. The Hall–Kier alpha value is -0.970. The lowest BCUT2D eigenvalue weighted by Crippen LogP contribution is -2.66. The monoisotopic (exact) mass is 260 g/mol. The van der Waals surface area contributed by atoms with E-state index in [4.69, 9.17) is 0 Å². The Morgan fingerprint density at radius 3 is 2.58 bits per heavy atom. The quantitative estimate of drug-likeness (QED) is 0.840. The Bertz CT molecular complexity index is 386. The van der Waals surface area contributed by atoms with Gasteiger partial charge in [0.25, 0.3) is 0 Å².